The summed E-state index contributed by atoms with van der Waals surface area (Å²) in [4.78, 5) is 16.4. The molecule has 0 amide bonds. The summed E-state index contributed by atoms with van der Waals surface area (Å²) in [5.74, 6) is -0.817. The van der Waals surface area contributed by atoms with Crippen LogP contribution in [-0.4, -0.2) is 33.0 Å². The number of carbonyl (C=O) groups is 1. The molecule has 13 heavy (non-hydrogen) atoms. The molecule has 0 spiro atoms. The van der Waals surface area contributed by atoms with Gasteiger partial charge < -0.3 is 10.0 Å². The number of hydrogen-bond donors (Lipinski definition) is 1. The maximum atomic E-state index is 10.6. The number of anilines is 1. The van der Waals surface area contributed by atoms with Crippen LogP contribution >= 0.6 is 11.5 Å². The molecule has 1 fully saturated rings. The zero-order valence-electron chi connectivity index (χ0n) is 6.88. The van der Waals surface area contributed by atoms with Crippen LogP contribution < -0.4 is 4.90 Å². The van der Waals surface area contributed by atoms with Crippen molar-refractivity contribution in [3.05, 3.63) is 6.33 Å². The molecular weight excluding hydrogens is 190 g/mol. The SMILES string of the molecule is O=C(O)CN(c1ncns1)C1CC1. The first-order valence-corrected chi connectivity index (χ1v) is 4.80. The Labute approximate surface area is 79.2 Å². The monoisotopic (exact) mass is 199 g/mol. The van der Waals surface area contributed by atoms with Crippen LogP contribution in [0.25, 0.3) is 0 Å². The Morgan fingerprint density at radius 3 is 3.00 bits per heavy atom. The fourth-order valence-electron chi connectivity index (χ4n) is 1.18. The van der Waals surface area contributed by atoms with E-state index < -0.39 is 5.97 Å². The summed E-state index contributed by atoms with van der Waals surface area (Å²) in [5.41, 5.74) is 0. The van der Waals surface area contributed by atoms with Gasteiger partial charge >= 0.3 is 5.97 Å². The van der Waals surface area contributed by atoms with Gasteiger partial charge in [0.25, 0.3) is 0 Å². The van der Waals surface area contributed by atoms with Gasteiger partial charge in [0, 0.05) is 17.6 Å². The summed E-state index contributed by atoms with van der Waals surface area (Å²) in [6, 6.07) is 0.365. The third-order valence-electron chi connectivity index (χ3n) is 1.89. The third-order valence-corrected chi connectivity index (χ3v) is 2.59. The molecule has 1 aromatic rings. The fraction of sp³-hybridized carbons (Fsp3) is 0.571. The number of nitrogens with zero attached hydrogens (tertiary/aromatic N) is 3. The van der Waals surface area contributed by atoms with E-state index in [4.69, 9.17) is 5.11 Å². The Morgan fingerprint density at radius 1 is 1.77 bits per heavy atom. The zero-order valence-corrected chi connectivity index (χ0v) is 7.70. The molecule has 1 aromatic heterocycles. The lowest BCUT2D eigenvalue weighted by molar-refractivity contribution is -0.135. The molecule has 0 unspecified atom stereocenters. The topological polar surface area (TPSA) is 66.3 Å². The standard InChI is InChI=1S/C7H9N3O2S/c11-6(12)3-10(5-1-2-5)7-8-4-9-13-7/h4-5H,1-3H2,(H,11,12). The van der Waals surface area contributed by atoms with Gasteiger partial charge in [0.15, 0.2) is 0 Å². The maximum absolute atomic E-state index is 10.6. The predicted octanol–water partition coefficient (Wildman–Crippen LogP) is 0.591. The number of aliphatic carboxylic acids is 1. The maximum Gasteiger partial charge on any atom is 0.323 e. The van der Waals surface area contributed by atoms with Crippen molar-refractivity contribution >= 4 is 22.6 Å². The minimum absolute atomic E-state index is 0.0276. The van der Waals surface area contributed by atoms with E-state index in [2.05, 4.69) is 9.36 Å². The quantitative estimate of drug-likeness (QED) is 0.768. The van der Waals surface area contributed by atoms with Crippen LogP contribution in [0.5, 0.6) is 0 Å². The Bertz CT molecular complexity index is 297. The molecule has 1 aliphatic carbocycles. The van der Waals surface area contributed by atoms with Crippen LogP contribution in [0.1, 0.15) is 12.8 Å². The highest BCUT2D eigenvalue weighted by Crippen LogP contribution is 2.31. The first kappa shape index (κ1) is 8.43. The predicted molar refractivity (Wildman–Crippen MR) is 47.9 cm³/mol. The van der Waals surface area contributed by atoms with Crippen molar-refractivity contribution in [1.82, 2.24) is 9.36 Å². The van der Waals surface area contributed by atoms with Crippen LogP contribution in [0.4, 0.5) is 5.13 Å². The van der Waals surface area contributed by atoms with E-state index in [1.165, 1.54) is 17.9 Å². The molecule has 0 atom stereocenters. The number of carboxylic acid groups (broad SMARTS) is 1. The lowest BCUT2D eigenvalue weighted by Crippen LogP contribution is -2.31. The van der Waals surface area contributed by atoms with Crippen molar-refractivity contribution in [2.24, 2.45) is 0 Å². The zero-order chi connectivity index (χ0) is 9.26. The van der Waals surface area contributed by atoms with Crippen molar-refractivity contribution in [2.45, 2.75) is 18.9 Å². The summed E-state index contributed by atoms with van der Waals surface area (Å²) in [7, 11) is 0. The summed E-state index contributed by atoms with van der Waals surface area (Å²) >= 11 is 1.24. The molecule has 2 rings (SSSR count). The Hall–Kier alpha value is -1.17. The normalized spacial score (nSPS) is 15.7. The molecule has 1 aliphatic rings. The average Bonchev–Trinajstić information content (AvgIpc) is 2.77. The summed E-state index contributed by atoms with van der Waals surface area (Å²) in [6.45, 7) is 0.0276. The molecule has 0 radical (unpaired) electrons. The van der Waals surface area contributed by atoms with Gasteiger partial charge in [-0.15, -0.1) is 0 Å². The van der Waals surface area contributed by atoms with Gasteiger partial charge in [0.2, 0.25) is 5.13 Å². The molecule has 0 bridgehead atoms. The summed E-state index contributed by atoms with van der Waals surface area (Å²) < 4.78 is 3.86. The molecule has 0 aliphatic heterocycles. The lowest BCUT2D eigenvalue weighted by Gasteiger charge is -2.17. The Kier molecular flexibility index (Phi) is 2.13. The third kappa shape index (κ3) is 1.95. The lowest BCUT2D eigenvalue weighted by atomic mass is 10.5. The molecule has 0 saturated heterocycles. The van der Waals surface area contributed by atoms with Gasteiger partial charge in [-0.2, -0.15) is 4.37 Å². The fourth-order valence-corrected chi connectivity index (χ4v) is 1.78. The van der Waals surface area contributed by atoms with E-state index in [0.29, 0.717) is 11.2 Å². The second-order valence-electron chi connectivity index (χ2n) is 2.98. The number of hydrogen-bond acceptors (Lipinski definition) is 5. The van der Waals surface area contributed by atoms with Gasteiger partial charge in [0.1, 0.15) is 12.9 Å². The van der Waals surface area contributed by atoms with Crippen molar-refractivity contribution < 1.29 is 9.90 Å². The van der Waals surface area contributed by atoms with Crippen molar-refractivity contribution in [2.75, 3.05) is 11.4 Å². The van der Waals surface area contributed by atoms with Crippen molar-refractivity contribution in [1.29, 1.82) is 0 Å². The van der Waals surface area contributed by atoms with Gasteiger partial charge in [-0.3, -0.25) is 4.79 Å². The smallest absolute Gasteiger partial charge is 0.323 e. The van der Waals surface area contributed by atoms with Crippen LogP contribution in [0.15, 0.2) is 6.33 Å². The number of rotatable bonds is 4. The van der Waals surface area contributed by atoms with E-state index in [-0.39, 0.29) is 6.54 Å². The van der Waals surface area contributed by atoms with Crippen LogP contribution in [-0.2, 0) is 4.79 Å². The molecule has 1 saturated carbocycles. The van der Waals surface area contributed by atoms with E-state index in [0.717, 1.165) is 12.8 Å². The highest BCUT2D eigenvalue weighted by Gasteiger charge is 2.32. The second kappa shape index (κ2) is 3.29. The van der Waals surface area contributed by atoms with Gasteiger partial charge in [-0.1, -0.05) is 0 Å². The summed E-state index contributed by atoms with van der Waals surface area (Å²) in [6.07, 6.45) is 3.58. The van der Waals surface area contributed by atoms with E-state index in [1.807, 2.05) is 0 Å². The average molecular weight is 199 g/mol. The van der Waals surface area contributed by atoms with E-state index in [9.17, 15) is 4.79 Å². The highest BCUT2D eigenvalue weighted by molar-refractivity contribution is 7.09. The molecule has 5 nitrogen and oxygen atoms in total. The van der Waals surface area contributed by atoms with Gasteiger partial charge in [-0.25, -0.2) is 4.98 Å². The van der Waals surface area contributed by atoms with Gasteiger partial charge in [0.05, 0.1) is 0 Å². The Morgan fingerprint density at radius 2 is 2.54 bits per heavy atom. The van der Waals surface area contributed by atoms with Crippen molar-refractivity contribution in [3.63, 3.8) is 0 Å². The first-order valence-electron chi connectivity index (χ1n) is 4.02. The first-order chi connectivity index (χ1) is 6.27. The number of carboxylic acids is 1. The van der Waals surface area contributed by atoms with E-state index in [1.54, 1.807) is 4.90 Å². The van der Waals surface area contributed by atoms with Gasteiger partial charge in [-0.05, 0) is 12.8 Å². The molecule has 6 heteroatoms. The number of aromatic nitrogens is 2. The van der Waals surface area contributed by atoms with Crippen molar-refractivity contribution in [3.8, 4) is 0 Å². The minimum Gasteiger partial charge on any atom is -0.480 e. The second-order valence-corrected chi connectivity index (χ2v) is 3.74. The molecule has 0 aromatic carbocycles. The largest absolute Gasteiger partial charge is 0.480 e. The van der Waals surface area contributed by atoms with Crippen LogP contribution in [0.2, 0.25) is 0 Å². The van der Waals surface area contributed by atoms with Crippen LogP contribution in [0, 0.1) is 0 Å². The van der Waals surface area contributed by atoms with Crippen LogP contribution in [0.3, 0.4) is 0 Å². The summed E-state index contributed by atoms with van der Waals surface area (Å²) in [5, 5.41) is 9.39. The Balaban J connectivity index is 2.09. The van der Waals surface area contributed by atoms with E-state index >= 15 is 0 Å². The highest BCUT2D eigenvalue weighted by atomic mass is 32.1. The molecule has 1 heterocycles. The molecule has 1 N–H and O–H groups in total. The minimum atomic E-state index is -0.817. The molecular formula is C7H9N3O2S. The molecule has 70 valence electrons.